The second kappa shape index (κ2) is 9.46. The predicted octanol–water partition coefficient (Wildman–Crippen LogP) is 3.75. The largest absolute Gasteiger partial charge is 0.357 e. The molecular formula is C26H28N4O3S. The maximum absolute atomic E-state index is 13.4. The Morgan fingerprint density at radius 2 is 1.76 bits per heavy atom. The molecule has 0 radical (unpaired) electrons. The van der Waals surface area contributed by atoms with Gasteiger partial charge in [-0.15, -0.1) is 0 Å². The van der Waals surface area contributed by atoms with Gasteiger partial charge in [0.15, 0.2) is 0 Å². The fourth-order valence-electron chi connectivity index (χ4n) is 4.61. The first kappa shape index (κ1) is 22.4. The van der Waals surface area contributed by atoms with Crippen LogP contribution in [0.3, 0.4) is 0 Å². The molecule has 5 rings (SSSR count). The van der Waals surface area contributed by atoms with Gasteiger partial charge in [-0.2, -0.15) is 0 Å². The average molecular weight is 477 g/mol. The van der Waals surface area contributed by atoms with Crippen LogP contribution in [0.2, 0.25) is 0 Å². The van der Waals surface area contributed by atoms with Crippen LogP contribution in [-0.2, 0) is 23.0 Å². The Morgan fingerprint density at radius 3 is 2.56 bits per heavy atom. The van der Waals surface area contributed by atoms with Crippen molar-refractivity contribution in [2.24, 2.45) is 0 Å². The zero-order valence-electron chi connectivity index (χ0n) is 19.0. The van der Waals surface area contributed by atoms with Crippen molar-refractivity contribution in [3.8, 4) is 0 Å². The fraction of sp³-hybridized carbons (Fsp3) is 0.308. The van der Waals surface area contributed by atoms with E-state index in [1.807, 2.05) is 36.4 Å². The van der Waals surface area contributed by atoms with Crippen LogP contribution in [0.15, 0.2) is 71.8 Å². The van der Waals surface area contributed by atoms with Gasteiger partial charge in [0.1, 0.15) is 5.82 Å². The van der Waals surface area contributed by atoms with Gasteiger partial charge in [0.05, 0.1) is 10.6 Å². The van der Waals surface area contributed by atoms with Crippen LogP contribution in [0.5, 0.6) is 0 Å². The predicted molar refractivity (Wildman–Crippen MR) is 133 cm³/mol. The summed E-state index contributed by atoms with van der Waals surface area (Å²) in [6, 6.07) is 17.8. The first-order chi connectivity index (χ1) is 16.5. The van der Waals surface area contributed by atoms with E-state index < -0.39 is 10.0 Å². The minimum atomic E-state index is -3.77. The highest BCUT2D eigenvalue weighted by Crippen LogP contribution is 2.32. The number of anilines is 2. The molecular weight excluding hydrogens is 448 g/mol. The Labute approximate surface area is 200 Å². The number of fused-ring (bicyclic) bond motifs is 1. The lowest BCUT2D eigenvalue weighted by atomic mass is 10.0. The molecule has 0 aliphatic carbocycles. The summed E-state index contributed by atoms with van der Waals surface area (Å²) in [5, 5.41) is 2.88. The number of nitrogens with one attached hydrogen (secondary N) is 1. The highest BCUT2D eigenvalue weighted by atomic mass is 32.2. The molecule has 1 amide bonds. The summed E-state index contributed by atoms with van der Waals surface area (Å²) in [4.78, 5) is 19.7. The molecule has 2 aliphatic rings. The molecule has 3 aromatic rings. The number of benzene rings is 2. The van der Waals surface area contributed by atoms with Gasteiger partial charge in [0.2, 0.25) is 0 Å². The molecule has 3 heterocycles. The third-order valence-electron chi connectivity index (χ3n) is 6.44. The molecule has 1 saturated heterocycles. The minimum Gasteiger partial charge on any atom is -0.357 e. The van der Waals surface area contributed by atoms with E-state index in [0.29, 0.717) is 24.3 Å². The van der Waals surface area contributed by atoms with E-state index in [1.54, 1.807) is 24.4 Å². The van der Waals surface area contributed by atoms with Crippen LogP contribution < -0.4 is 14.5 Å². The lowest BCUT2D eigenvalue weighted by molar-refractivity contribution is 0.0950. The van der Waals surface area contributed by atoms with Crippen LogP contribution in [0.4, 0.5) is 11.5 Å². The highest BCUT2D eigenvalue weighted by Gasteiger charge is 2.29. The van der Waals surface area contributed by atoms with Gasteiger partial charge < -0.3 is 10.2 Å². The Hall–Kier alpha value is -3.39. The summed E-state index contributed by atoms with van der Waals surface area (Å²) in [5.41, 5.74) is 2.95. The molecule has 8 heteroatoms. The monoisotopic (exact) mass is 476 g/mol. The molecule has 0 spiro atoms. The molecule has 1 N–H and O–H groups in total. The average Bonchev–Trinajstić information content (AvgIpc) is 3.42. The van der Waals surface area contributed by atoms with Crippen molar-refractivity contribution in [3.63, 3.8) is 0 Å². The van der Waals surface area contributed by atoms with Crippen LogP contribution in [0.25, 0.3) is 0 Å². The lowest BCUT2D eigenvalue weighted by Crippen LogP contribution is -2.35. The standard InChI is InChI=1S/C26H28N4O3S/c31-26(28-19-20-12-13-25(27-18-20)29-14-3-4-15-29)22-8-5-10-23(17-22)34(32,33)30-16-6-9-21-7-1-2-11-24(21)30/h1-2,5,7-8,10-13,17-18H,3-4,6,9,14-16,19H2,(H,28,31). The third-order valence-corrected chi connectivity index (χ3v) is 8.25. The van der Waals surface area contributed by atoms with Crippen molar-refractivity contribution in [1.29, 1.82) is 0 Å². The number of sulfonamides is 1. The Bertz CT molecular complexity index is 1290. The van der Waals surface area contributed by atoms with Crippen molar-refractivity contribution in [1.82, 2.24) is 10.3 Å². The summed E-state index contributed by atoms with van der Waals surface area (Å²) in [5.74, 6) is 0.643. The second-order valence-corrected chi connectivity index (χ2v) is 10.6. The van der Waals surface area contributed by atoms with Crippen molar-refractivity contribution in [3.05, 3.63) is 83.6 Å². The SMILES string of the molecule is O=C(NCc1ccc(N2CCCC2)nc1)c1cccc(S(=O)(=O)N2CCCc3ccccc32)c1. The normalized spacial score (nSPS) is 15.8. The molecule has 0 bridgehead atoms. The highest BCUT2D eigenvalue weighted by molar-refractivity contribution is 7.92. The summed E-state index contributed by atoms with van der Waals surface area (Å²) >= 11 is 0. The molecule has 1 aromatic heterocycles. The number of hydrogen-bond acceptors (Lipinski definition) is 5. The number of aromatic nitrogens is 1. The summed E-state index contributed by atoms with van der Waals surface area (Å²) in [6.07, 6.45) is 5.79. The van der Waals surface area contributed by atoms with Crippen molar-refractivity contribution < 1.29 is 13.2 Å². The van der Waals surface area contributed by atoms with E-state index in [0.717, 1.165) is 42.9 Å². The molecule has 0 unspecified atom stereocenters. The molecule has 176 valence electrons. The first-order valence-electron chi connectivity index (χ1n) is 11.7. The van der Waals surface area contributed by atoms with Gasteiger partial charge in [-0.3, -0.25) is 9.10 Å². The van der Waals surface area contributed by atoms with E-state index in [2.05, 4.69) is 15.2 Å². The van der Waals surface area contributed by atoms with E-state index in [4.69, 9.17) is 0 Å². The van der Waals surface area contributed by atoms with Gasteiger partial charge >= 0.3 is 0 Å². The van der Waals surface area contributed by atoms with Gasteiger partial charge in [0.25, 0.3) is 15.9 Å². The summed E-state index contributed by atoms with van der Waals surface area (Å²) in [7, 11) is -3.77. The summed E-state index contributed by atoms with van der Waals surface area (Å²) < 4.78 is 28.3. The molecule has 7 nitrogen and oxygen atoms in total. The van der Waals surface area contributed by atoms with Crippen LogP contribution in [-0.4, -0.2) is 38.9 Å². The van der Waals surface area contributed by atoms with Gasteiger partial charge in [-0.05, 0) is 67.1 Å². The van der Waals surface area contributed by atoms with Crippen LogP contribution >= 0.6 is 0 Å². The maximum Gasteiger partial charge on any atom is 0.264 e. The quantitative estimate of drug-likeness (QED) is 0.586. The number of para-hydroxylation sites is 1. The zero-order chi connectivity index (χ0) is 23.5. The Kier molecular flexibility index (Phi) is 6.24. The number of hydrogen-bond donors (Lipinski definition) is 1. The summed E-state index contributed by atoms with van der Waals surface area (Å²) in [6.45, 7) is 2.81. The van der Waals surface area contributed by atoms with E-state index in [-0.39, 0.29) is 10.8 Å². The third kappa shape index (κ3) is 4.50. The lowest BCUT2D eigenvalue weighted by Gasteiger charge is -2.30. The van der Waals surface area contributed by atoms with Gasteiger partial charge in [-0.25, -0.2) is 13.4 Å². The minimum absolute atomic E-state index is 0.119. The van der Waals surface area contributed by atoms with Gasteiger partial charge in [0, 0.05) is 37.9 Å². The number of aryl methyl sites for hydroxylation is 1. The van der Waals surface area contributed by atoms with Gasteiger partial charge in [-0.1, -0.05) is 30.3 Å². The second-order valence-electron chi connectivity index (χ2n) is 8.74. The molecule has 1 fully saturated rings. The van der Waals surface area contributed by atoms with Crippen molar-refractivity contribution in [2.75, 3.05) is 28.8 Å². The zero-order valence-corrected chi connectivity index (χ0v) is 19.8. The number of nitrogens with zero attached hydrogens (tertiary/aromatic N) is 3. The van der Waals surface area contributed by atoms with Crippen molar-refractivity contribution >= 4 is 27.4 Å². The Morgan fingerprint density at radius 1 is 0.941 bits per heavy atom. The first-order valence-corrected chi connectivity index (χ1v) is 13.2. The molecule has 34 heavy (non-hydrogen) atoms. The molecule has 0 atom stereocenters. The van der Waals surface area contributed by atoms with Crippen molar-refractivity contribution in [2.45, 2.75) is 37.1 Å². The van der Waals surface area contributed by atoms with E-state index in [1.165, 1.54) is 23.2 Å². The topological polar surface area (TPSA) is 82.6 Å². The number of rotatable bonds is 6. The van der Waals surface area contributed by atoms with Crippen LogP contribution in [0.1, 0.15) is 40.7 Å². The molecule has 0 saturated carbocycles. The number of pyridine rings is 1. The fourth-order valence-corrected chi connectivity index (χ4v) is 6.20. The number of carbonyl (C=O) groups excluding carboxylic acids is 1. The van der Waals surface area contributed by atoms with Crippen LogP contribution in [0, 0.1) is 0 Å². The number of carbonyl (C=O) groups is 1. The Balaban J connectivity index is 1.29. The maximum atomic E-state index is 13.4. The smallest absolute Gasteiger partial charge is 0.264 e. The van der Waals surface area contributed by atoms with E-state index >= 15 is 0 Å². The number of amides is 1. The van der Waals surface area contributed by atoms with E-state index in [9.17, 15) is 13.2 Å². The molecule has 2 aromatic carbocycles. The molecule has 2 aliphatic heterocycles.